The quantitative estimate of drug-likeness (QED) is 0.832. The first-order valence-electron chi connectivity index (χ1n) is 7.39. The van der Waals surface area contributed by atoms with Crippen LogP contribution in [0.15, 0.2) is 36.7 Å². The summed E-state index contributed by atoms with van der Waals surface area (Å²) in [5.41, 5.74) is 0.273. The molecule has 128 valence electrons. The maximum atomic E-state index is 12.6. The molecular weight excluding hydrogens is 330 g/mol. The van der Waals surface area contributed by atoms with Gasteiger partial charge in [-0.15, -0.1) is 0 Å². The van der Waals surface area contributed by atoms with E-state index in [-0.39, 0.29) is 6.54 Å². The molecule has 1 amide bonds. The number of carbonyl (C=O) groups excluding carboxylic acids is 1. The maximum absolute atomic E-state index is 12.6. The molecular formula is C17H20ClN3O3. The van der Waals surface area contributed by atoms with Crippen LogP contribution >= 0.6 is 11.6 Å². The summed E-state index contributed by atoms with van der Waals surface area (Å²) in [6.07, 6.45) is 0.839. The van der Waals surface area contributed by atoms with E-state index in [1.807, 2.05) is 32.9 Å². The number of benzene rings is 1. The third-order valence-electron chi connectivity index (χ3n) is 2.98. The van der Waals surface area contributed by atoms with Crippen molar-refractivity contribution in [1.82, 2.24) is 9.97 Å². The Morgan fingerprint density at radius 2 is 1.88 bits per heavy atom. The van der Waals surface area contributed by atoms with Gasteiger partial charge in [0.2, 0.25) is 5.88 Å². The minimum absolute atomic E-state index is 0.284. The van der Waals surface area contributed by atoms with E-state index in [4.69, 9.17) is 21.1 Å². The largest absolute Gasteiger partial charge is 0.481 e. The van der Waals surface area contributed by atoms with Crippen LogP contribution in [0.25, 0.3) is 0 Å². The zero-order valence-corrected chi connectivity index (χ0v) is 14.9. The molecule has 2 aromatic rings. The molecule has 6 nitrogen and oxygen atoms in total. The van der Waals surface area contributed by atoms with E-state index in [9.17, 15) is 4.79 Å². The average Bonchev–Trinajstić information content (AvgIpc) is 2.52. The lowest BCUT2D eigenvalue weighted by Gasteiger charge is -2.27. The van der Waals surface area contributed by atoms with Gasteiger partial charge >= 0.3 is 6.09 Å². The standard InChI is InChI=1S/C17H20ClN3O3/c1-17(2,3)24-16(22)21(10-12-5-7-13(18)8-6-12)14-9-15(23-4)20-11-19-14/h5-9,11H,10H2,1-4H3. The number of carbonyl (C=O) groups is 1. The van der Waals surface area contributed by atoms with Crippen LogP contribution < -0.4 is 9.64 Å². The predicted molar refractivity (Wildman–Crippen MR) is 92.5 cm³/mol. The van der Waals surface area contributed by atoms with Crippen LogP contribution in [0.2, 0.25) is 5.02 Å². The number of methoxy groups -OCH3 is 1. The summed E-state index contributed by atoms with van der Waals surface area (Å²) in [6.45, 7) is 5.72. The molecule has 0 fully saturated rings. The van der Waals surface area contributed by atoms with Crippen molar-refractivity contribution >= 4 is 23.5 Å². The van der Waals surface area contributed by atoms with E-state index in [1.165, 1.54) is 18.3 Å². The van der Waals surface area contributed by atoms with Gasteiger partial charge in [0.05, 0.1) is 13.7 Å². The molecule has 1 aromatic heterocycles. The van der Waals surface area contributed by atoms with Gasteiger partial charge in [-0.25, -0.2) is 14.8 Å². The highest BCUT2D eigenvalue weighted by atomic mass is 35.5. The second kappa shape index (κ2) is 7.49. The van der Waals surface area contributed by atoms with Gasteiger partial charge in [0.1, 0.15) is 17.7 Å². The topological polar surface area (TPSA) is 64.5 Å². The molecule has 0 aliphatic rings. The van der Waals surface area contributed by atoms with Crippen molar-refractivity contribution in [2.24, 2.45) is 0 Å². The molecule has 24 heavy (non-hydrogen) atoms. The SMILES string of the molecule is COc1cc(N(Cc2ccc(Cl)cc2)C(=O)OC(C)(C)C)ncn1. The molecule has 0 aliphatic heterocycles. The Morgan fingerprint density at radius 1 is 1.21 bits per heavy atom. The molecule has 0 unspecified atom stereocenters. The zero-order chi connectivity index (χ0) is 17.7. The summed E-state index contributed by atoms with van der Waals surface area (Å²) >= 11 is 5.91. The molecule has 7 heteroatoms. The van der Waals surface area contributed by atoms with Gasteiger partial charge in [-0.3, -0.25) is 4.90 Å². The van der Waals surface area contributed by atoms with Crippen LogP contribution in [0, 0.1) is 0 Å². The Morgan fingerprint density at radius 3 is 2.46 bits per heavy atom. The molecule has 1 aromatic carbocycles. The van der Waals surface area contributed by atoms with Gasteiger partial charge in [-0.05, 0) is 38.5 Å². The number of hydrogen-bond donors (Lipinski definition) is 0. The van der Waals surface area contributed by atoms with E-state index in [2.05, 4.69) is 9.97 Å². The van der Waals surface area contributed by atoms with Gasteiger partial charge in [0.15, 0.2) is 0 Å². The van der Waals surface area contributed by atoms with E-state index < -0.39 is 11.7 Å². The van der Waals surface area contributed by atoms with E-state index in [1.54, 1.807) is 18.2 Å². The summed E-state index contributed by atoms with van der Waals surface area (Å²) in [7, 11) is 1.50. The highest BCUT2D eigenvalue weighted by Gasteiger charge is 2.25. The molecule has 0 bridgehead atoms. The number of nitrogens with zero attached hydrogens (tertiary/aromatic N) is 3. The van der Waals surface area contributed by atoms with Crippen molar-refractivity contribution in [2.75, 3.05) is 12.0 Å². The summed E-state index contributed by atoms with van der Waals surface area (Å²) in [4.78, 5) is 22.2. The number of aromatic nitrogens is 2. The van der Waals surface area contributed by atoms with E-state index in [0.717, 1.165) is 5.56 Å². The fourth-order valence-corrected chi connectivity index (χ4v) is 2.04. The highest BCUT2D eigenvalue weighted by molar-refractivity contribution is 6.30. The van der Waals surface area contributed by atoms with Crippen LogP contribution in [0.1, 0.15) is 26.3 Å². The van der Waals surface area contributed by atoms with Crippen LogP contribution in [0.3, 0.4) is 0 Å². The first-order chi connectivity index (χ1) is 11.3. The van der Waals surface area contributed by atoms with Gasteiger partial charge in [0.25, 0.3) is 0 Å². The van der Waals surface area contributed by atoms with Gasteiger partial charge in [-0.2, -0.15) is 0 Å². The molecule has 2 rings (SSSR count). The van der Waals surface area contributed by atoms with Crippen LogP contribution in [0.4, 0.5) is 10.6 Å². The smallest absolute Gasteiger partial charge is 0.416 e. The highest BCUT2D eigenvalue weighted by Crippen LogP contribution is 2.22. The first-order valence-corrected chi connectivity index (χ1v) is 7.77. The number of amides is 1. The lowest BCUT2D eigenvalue weighted by Crippen LogP contribution is -2.37. The molecule has 0 radical (unpaired) electrons. The van der Waals surface area contributed by atoms with Crippen LogP contribution in [-0.2, 0) is 11.3 Å². The Labute approximate surface area is 146 Å². The number of ether oxygens (including phenoxy) is 2. The second-order valence-electron chi connectivity index (χ2n) is 6.11. The predicted octanol–water partition coefficient (Wildman–Crippen LogP) is 4.08. The molecule has 0 N–H and O–H groups in total. The molecule has 0 saturated heterocycles. The van der Waals surface area contributed by atoms with Gasteiger partial charge in [0, 0.05) is 11.1 Å². The number of anilines is 1. The minimum Gasteiger partial charge on any atom is -0.481 e. The first kappa shape index (κ1) is 18.0. The van der Waals surface area contributed by atoms with E-state index >= 15 is 0 Å². The fraction of sp³-hybridized carbons (Fsp3) is 0.353. The number of hydrogen-bond acceptors (Lipinski definition) is 5. The monoisotopic (exact) mass is 349 g/mol. The maximum Gasteiger partial charge on any atom is 0.416 e. The molecule has 1 heterocycles. The Hall–Kier alpha value is -2.34. The fourth-order valence-electron chi connectivity index (χ4n) is 1.92. The Balaban J connectivity index is 2.32. The molecule has 0 saturated carbocycles. The van der Waals surface area contributed by atoms with Crippen molar-refractivity contribution < 1.29 is 14.3 Å². The lowest BCUT2D eigenvalue weighted by molar-refractivity contribution is 0.0576. The normalized spacial score (nSPS) is 11.0. The Kier molecular flexibility index (Phi) is 5.62. The number of rotatable bonds is 4. The van der Waals surface area contributed by atoms with Gasteiger partial charge < -0.3 is 9.47 Å². The van der Waals surface area contributed by atoms with Crippen molar-refractivity contribution in [1.29, 1.82) is 0 Å². The van der Waals surface area contributed by atoms with Crippen LogP contribution in [-0.4, -0.2) is 28.8 Å². The van der Waals surface area contributed by atoms with Crippen molar-refractivity contribution in [2.45, 2.75) is 32.9 Å². The summed E-state index contributed by atoms with van der Waals surface area (Å²) < 4.78 is 10.6. The summed E-state index contributed by atoms with van der Waals surface area (Å²) in [5, 5.41) is 0.631. The summed E-state index contributed by atoms with van der Waals surface area (Å²) in [5.74, 6) is 0.760. The van der Waals surface area contributed by atoms with Crippen LogP contribution in [0.5, 0.6) is 5.88 Å². The zero-order valence-electron chi connectivity index (χ0n) is 14.1. The van der Waals surface area contributed by atoms with E-state index in [0.29, 0.717) is 16.7 Å². The minimum atomic E-state index is -0.619. The number of halogens is 1. The van der Waals surface area contributed by atoms with Crippen molar-refractivity contribution in [3.8, 4) is 5.88 Å². The molecule has 0 aliphatic carbocycles. The van der Waals surface area contributed by atoms with Gasteiger partial charge in [-0.1, -0.05) is 23.7 Å². The second-order valence-corrected chi connectivity index (χ2v) is 6.55. The Bertz CT molecular complexity index is 699. The molecule has 0 spiro atoms. The third kappa shape index (κ3) is 5.09. The van der Waals surface area contributed by atoms with Crippen molar-refractivity contribution in [3.63, 3.8) is 0 Å². The third-order valence-corrected chi connectivity index (χ3v) is 3.23. The molecule has 0 atom stereocenters. The summed E-state index contributed by atoms with van der Waals surface area (Å²) in [6, 6.07) is 8.81. The van der Waals surface area contributed by atoms with Crippen molar-refractivity contribution in [3.05, 3.63) is 47.2 Å². The lowest BCUT2D eigenvalue weighted by atomic mass is 10.2. The average molecular weight is 350 g/mol.